The highest BCUT2D eigenvalue weighted by molar-refractivity contribution is 5.97. The molecule has 4 nitrogen and oxygen atoms in total. The van der Waals surface area contributed by atoms with Crippen LogP contribution in [0.4, 0.5) is 0 Å². The molecule has 0 unspecified atom stereocenters. The molecule has 0 atom stereocenters. The van der Waals surface area contributed by atoms with Crippen LogP contribution in [0.5, 0.6) is 0 Å². The Balaban J connectivity index is 2.87. The smallest absolute Gasteiger partial charge is 0.338 e. The number of rotatable bonds is 3. The monoisotopic (exact) mass is 243 g/mol. The summed E-state index contributed by atoms with van der Waals surface area (Å²) in [5, 5.41) is 9.31. The van der Waals surface area contributed by atoms with Gasteiger partial charge in [-0.15, -0.1) is 6.58 Å². The fraction of sp³-hybridized carbons (Fsp3) is 0.143. The summed E-state index contributed by atoms with van der Waals surface area (Å²) in [4.78, 5) is 22.7. The second kappa shape index (κ2) is 4.49. The second-order valence-corrected chi connectivity index (χ2v) is 4.08. The molecule has 1 heterocycles. The summed E-state index contributed by atoms with van der Waals surface area (Å²) >= 11 is 0. The lowest BCUT2D eigenvalue weighted by Gasteiger charge is -2.17. The Hall–Kier alpha value is -2.36. The number of hydrogen-bond donors (Lipinski definition) is 1. The van der Waals surface area contributed by atoms with E-state index in [1.54, 1.807) is 19.1 Å². The average molecular weight is 243 g/mol. The van der Waals surface area contributed by atoms with Gasteiger partial charge in [0.05, 0.1) is 5.56 Å². The van der Waals surface area contributed by atoms with E-state index in [1.807, 2.05) is 10.8 Å². The maximum absolute atomic E-state index is 11.4. The third-order valence-corrected chi connectivity index (χ3v) is 2.92. The molecule has 0 radical (unpaired) electrons. The number of carbonyl (C=O) groups is 1. The van der Waals surface area contributed by atoms with Crippen molar-refractivity contribution >= 4 is 5.97 Å². The SMILES string of the molecule is C=CCn1cc2ccc(=O)cc-2c(C(=O)O)c1C. The first-order chi connectivity index (χ1) is 8.54. The van der Waals surface area contributed by atoms with Crippen LogP contribution in [0.15, 0.2) is 41.8 Å². The predicted octanol–water partition coefficient (Wildman–Crippen LogP) is 2.15. The van der Waals surface area contributed by atoms with E-state index in [1.165, 1.54) is 12.1 Å². The van der Waals surface area contributed by atoms with E-state index in [-0.39, 0.29) is 11.0 Å². The molecule has 0 spiro atoms. The highest BCUT2D eigenvalue weighted by atomic mass is 16.4. The van der Waals surface area contributed by atoms with Gasteiger partial charge in [-0.3, -0.25) is 4.79 Å². The standard InChI is InChI=1S/C14H13NO3/c1-3-6-15-8-10-4-5-11(16)7-12(10)13(9(15)2)14(17)18/h3-5,7-8H,1,6H2,2H3,(H,17,18). The normalized spacial score (nSPS) is 10.5. The highest BCUT2D eigenvalue weighted by Gasteiger charge is 2.19. The molecule has 0 aromatic carbocycles. The lowest BCUT2D eigenvalue weighted by Crippen LogP contribution is -2.14. The molecule has 0 saturated carbocycles. The summed E-state index contributed by atoms with van der Waals surface area (Å²) in [5.41, 5.74) is 1.81. The number of aromatic nitrogens is 1. The van der Waals surface area contributed by atoms with Gasteiger partial charge in [-0.05, 0) is 30.7 Å². The van der Waals surface area contributed by atoms with Crippen molar-refractivity contribution in [2.45, 2.75) is 13.5 Å². The van der Waals surface area contributed by atoms with Gasteiger partial charge in [-0.2, -0.15) is 0 Å². The van der Waals surface area contributed by atoms with Gasteiger partial charge in [0, 0.05) is 24.0 Å². The maximum Gasteiger partial charge on any atom is 0.338 e. The summed E-state index contributed by atoms with van der Waals surface area (Å²) in [5.74, 6) is -1.03. The van der Waals surface area contributed by atoms with E-state index < -0.39 is 5.97 Å². The third-order valence-electron chi connectivity index (χ3n) is 2.92. The number of fused-ring (bicyclic) bond motifs is 1. The predicted molar refractivity (Wildman–Crippen MR) is 69.2 cm³/mol. The minimum Gasteiger partial charge on any atom is -0.478 e. The molecule has 1 N–H and O–H groups in total. The number of pyridine rings is 1. The van der Waals surface area contributed by atoms with Crippen molar-refractivity contribution < 1.29 is 9.90 Å². The van der Waals surface area contributed by atoms with Gasteiger partial charge in [0.25, 0.3) is 0 Å². The van der Waals surface area contributed by atoms with E-state index in [0.717, 1.165) is 5.56 Å². The quantitative estimate of drug-likeness (QED) is 0.840. The van der Waals surface area contributed by atoms with Crippen molar-refractivity contribution in [3.8, 4) is 11.1 Å². The van der Waals surface area contributed by atoms with Gasteiger partial charge in [0.1, 0.15) is 0 Å². The molecule has 0 bridgehead atoms. The molecule has 4 heteroatoms. The molecule has 92 valence electrons. The fourth-order valence-corrected chi connectivity index (χ4v) is 2.07. The Kier molecular flexibility index (Phi) is 3.02. The minimum absolute atomic E-state index is 0.173. The molecule has 1 aliphatic heterocycles. The van der Waals surface area contributed by atoms with Crippen LogP contribution in [0.3, 0.4) is 0 Å². The van der Waals surface area contributed by atoms with Crippen LogP contribution in [0, 0.1) is 6.92 Å². The van der Waals surface area contributed by atoms with Crippen LogP contribution in [0.2, 0.25) is 0 Å². The zero-order chi connectivity index (χ0) is 13.3. The van der Waals surface area contributed by atoms with Gasteiger partial charge in [0.2, 0.25) is 0 Å². The average Bonchev–Trinajstić information content (AvgIpc) is 2.30. The van der Waals surface area contributed by atoms with Crippen molar-refractivity contribution in [3.63, 3.8) is 0 Å². The molecule has 1 aliphatic carbocycles. The first kappa shape index (κ1) is 12.1. The summed E-state index contributed by atoms with van der Waals surface area (Å²) in [6, 6.07) is 4.44. The van der Waals surface area contributed by atoms with Gasteiger partial charge < -0.3 is 9.67 Å². The Labute approximate surface area is 104 Å². The Bertz CT molecular complexity index is 655. The third kappa shape index (κ3) is 1.93. The summed E-state index contributed by atoms with van der Waals surface area (Å²) in [7, 11) is 0. The summed E-state index contributed by atoms with van der Waals surface area (Å²) in [6.45, 7) is 5.90. The first-order valence-electron chi connectivity index (χ1n) is 5.52. The van der Waals surface area contributed by atoms with Gasteiger partial charge in [0.15, 0.2) is 5.43 Å². The maximum atomic E-state index is 11.4. The van der Waals surface area contributed by atoms with Crippen molar-refractivity contribution in [2.75, 3.05) is 0 Å². The van der Waals surface area contributed by atoms with Gasteiger partial charge in [-0.25, -0.2) is 4.79 Å². The van der Waals surface area contributed by atoms with Crippen LogP contribution >= 0.6 is 0 Å². The fourth-order valence-electron chi connectivity index (χ4n) is 2.07. The van der Waals surface area contributed by atoms with Crippen molar-refractivity contribution in [3.05, 3.63) is 58.5 Å². The number of carboxylic acids is 1. The van der Waals surface area contributed by atoms with Gasteiger partial charge >= 0.3 is 5.97 Å². The van der Waals surface area contributed by atoms with E-state index in [9.17, 15) is 14.7 Å². The number of allylic oxidation sites excluding steroid dienone is 1. The van der Waals surface area contributed by atoms with E-state index in [2.05, 4.69) is 6.58 Å². The second-order valence-electron chi connectivity index (χ2n) is 4.08. The summed E-state index contributed by atoms with van der Waals surface area (Å²) < 4.78 is 1.81. The molecule has 0 saturated heterocycles. The number of aromatic carboxylic acids is 1. The highest BCUT2D eigenvalue weighted by Crippen LogP contribution is 2.27. The molecule has 0 fully saturated rings. The van der Waals surface area contributed by atoms with Crippen LogP contribution in [0.25, 0.3) is 11.1 Å². The summed E-state index contributed by atoms with van der Waals surface area (Å²) in [6.07, 6.45) is 3.53. The van der Waals surface area contributed by atoms with Crippen molar-refractivity contribution in [2.24, 2.45) is 0 Å². The number of nitrogens with zero attached hydrogens (tertiary/aromatic N) is 1. The molecule has 2 aliphatic rings. The van der Waals surface area contributed by atoms with Gasteiger partial charge in [-0.1, -0.05) is 6.08 Å². The molecule has 18 heavy (non-hydrogen) atoms. The van der Waals surface area contributed by atoms with E-state index in [0.29, 0.717) is 17.8 Å². The lowest BCUT2D eigenvalue weighted by molar-refractivity contribution is 0.0696. The Morgan fingerprint density at radius 1 is 1.50 bits per heavy atom. The largest absolute Gasteiger partial charge is 0.478 e. The number of benzene rings is 1. The zero-order valence-corrected chi connectivity index (χ0v) is 10.0. The molecule has 0 aromatic rings. The number of carboxylic acid groups (broad SMARTS) is 1. The van der Waals surface area contributed by atoms with Crippen LogP contribution in [-0.2, 0) is 6.54 Å². The zero-order valence-electron chi connectivity index (χ0n) is 10.0. The first-order valence-corrected chi connectivity index (χ1v) is 5.52. The molecule has 0 amide bonds. The van der Waals surface area contributed by atoms with Crippen LogP contribution < -0.4 is 5.43 Å². The molecular formula is C14H13NO3. The Morgan fingerprint density at radius 2 is 2.22 bits per heavy atom. The molecule has 2 rings (SSSR count). The Morgan fingerprint density at radius 3 is 2.83 bits per heavy atom. The topological polar surface area (TPSA) is 59.3 Å². The van der Waals surface area contributed by atoms with E-state index in [4.69, 9.17) is 0 Å². The van der Waals surface area contributed by atoms with Crippen molar-refractivity contribution in [1.82, 2.24) is 4.57 Å². The lowest BCUT2D eigenvalue weighted by atomic mass is 9.98. The van der Waals surface area contributed by atoms with Crippen LogP contribution in [0.1, 0.15) is 16.1 Å². The van der Waals surface area contributed by atoms with Crippen molar-refractivity contribution in [1.29, 1.82) is 0 Å². The number of hydrogen-bond acceptors (Lipinski definition) is 2. The molecular weight excluding hydrogens is 230 g/mol. The minimum atomic E-state index is -1.03. The van der Waals surface area contributed by atoms with Crippen LogP contribution in [-0.4, -0.2) is 15.6 Å². The molecule has 0 aromatic heterocycles. The van der Waals surface area contributed by atoms with E-state index >= 15 is 0 Å².